The molecule has 1 unspecified atom stereocenters. The standard InChI is InChI=1S/C14H22N2O2/c1-9(14(2,3)4)8-16-13(18)10-5-6-11(15)12(17)7-10/h5-7,9,17H,8,15H2,1-4H3,(H,16,18). The predicted octanol–water partition coefficient (Wildman–Crippen LogP) is 2.39. The van der Waals surface area contributed by atoms with Crippen LogP contribution in [0, 0.1) is 11.3 Å². The van der Waals surface area contributed by atoms with Crippen LogP contribution < -0.4 is 11.1 Å². The first-order valence-electron chi connectivity index (χ1n) is 6.08. The molecule has 0 saturated carbocycles. The van der Waals surface area contributed by atoms with Crippen molar-refractivity contribution in [1.29, 1.82) is 0 Å². The molecule has 1 atom stereocenters. The first-order valence-corrected chi connectivity index (χ1v) is 6.08. The van der Waals surface area contributed by atoms with Gasteiger partial charge in [0.15, 0.2) is 0 Å². The number of phenolic OH excluding ortho intramolecular Hbond substituents is 1. The molecule has 4 N–H and O–H groups in total. The number of nitrogens with one attached hydrogen (secondary N) is 1. The molecule has 0 radical (unpaired) electrons. The second kappa shape index (κ2) is 5.29. The molecule has 0 fully saturated rings. The molecule has 0 heterocycles. The zero-order chi connectivity index (χ0) is 13.9. The van der Waals surface area contributed by atoms with Crippen LogP contribution in [0.15, 0.2) is 18.2 Å². The highest BCUT2D eigenvalue weighted by Gasteiger charge is 2.20. The monoisotopic (exact) mass is 250 g/mol. The smallest absolute Gasteiger partial charge is 0.251 e. The van der Waals surface area contributed by atoms with Crippen molar-refractivity contribution in [1.82, 2.24) is 5.32 Å². The van der Waals surface area contributed by atoms with Gasteiger partial charge in [0.1, 0.15) is 5.75 Å². The minimum Gasteiger partial charge on any atom is -0.506 e. The van der Waals surface area contributed by atoms with E-state index in [0.29, 0.717) is 18.0 Å². The summed E-state index contributed by atoms with van der Waals surface area (Å²) in [7, 11) is 0. The third kappa shape index (κ3) is 3.65. The number of nitrogen functional groups attached to an aromatic ring is 1. The molecule has 1 aromatic carbocycles. The van der Waals surface area contributed by atoms with Crippen molar-refractivity contribution < 1.29 is 9.90 Å². The Morgan fingerprint density at radius 1 is 1.44 bits per heavy atom. The minimum absolute atomic E-state index is 0.0634. The number of carbonyl (C=O) groups excluding carboxylic acids is 1. The summed E-state index contributed by atoms with van der Waals surface area (Å²) < 4.78 is 0. The van der Waals surface area contributed by atoms with Crippen molar-refractivity contribution in [3.8, 4) is 5.75 Å². The largest absolute Gasteiger partial charge is 0.506 e. The van der Waals surface area contributed by atoms with Gasteiger partial charge in [0.25, 0.3) is 5.91 Å². The van der Waals surface area contributed by atoms with E-state index in [0.717, 1.165) is 0 Å². The Morgan fingerprint density at radius 2 is 2.06 bits per heavy atom. The number of benzene rings is 1. The van der Waals surface area contributed by atoms with Crippen molar-refractivity contribution in [2.45, 2.75) is 27.7 Å². The topological polar surface area (TPSA) is 75.4 Å². The zero-order valence-electron chi connectivity index (χ0n) is 11.4. The number of hydrogen-bond acceptors (Lipinski definition) is 3. The Morgan fingerprint density at radius 3 is 2.56 bits per heavy atom. The van der Waals surface area contributed by atoms with Crippen molar-refractivity contribution in [3.63, 3.8) is 0 Å². The highest BCUT2D eigenvalue weighted by Crippen LogP contribution is 2.25. The molecule has 0 aliphatic rings. The average Bonchev–Trinajstić information content (AvgIpc) is 2.27. The van der Waals surface area contributed by atoms with Crippen LogP contribution in [0.25, 0.3) is 0 Å². The number of amides is 1. The molecular weight excluding hydrogens is 228 g/mol. The third-order valence-corrected chi connectivity index (χ3v) is 3.34. The SMILES string of the molecule is CC(CNC(=O)c1ccc(N)c(O)c1)C(C)(C)C. The van der Waals surface area contributed by atoms with Gasteiger partial charge in [0, 0.05) is 12.1 Å². The maximum absolute atomic E-state index is 11.9. The van der Waals surface area contributed by atoms with Gasteiger partial charge in [-0.25, -0.2) is 0 Å². The van der Waals surface area contributed by atoms with Gasteiger partial charge in [-0.3, -0.25) is 4.79 Å². The van der Waals surface area contributed by atoms with Crippen LogP contribution >= 0.6 is 0 Å². The van der Waals surface area contributed by atoms with Gasteiger partial charge in [-0.15, -0.1) is 0 Å². The van der Waals surface area contributed by atoms with E-state index < -0.39 is 0 Å². The van der Waals surface area contributed by atoms with Crippen LogP contribution in [0.3, 0.4) is 0 Å². The molecule has 0 aliphatic heterocycles. The van der Waals surface area contributed by atoms with Gasteiger partial charge in [-0.2, -0.15) is 0 Å². The van der Waals surface area contributed by atoms with Crippen molar-refractivity contribution in [2.24, 2.45) is 11.3 Å². The Balaban J connectivity index is 2.63. The van der Waals surface area contributed by atoms with Gasteiger partial charge in [-0.1, -0.05) is 27.7 Å². The van der Waals surface area contributed by atoms with Crippen LogP contribution in [0.4, 0.5) is 5.69 Å². The molecule has 18 heavy (non-hydrogen) atoms. The molecule has 0 saturated heterocycles. The minimum atomic E-state index is -0.193. The lowest BCUT2D eigenvalue weighted by Gasteiger charge is -2.27. The molecule has 100 valence electrons. The molecule has 4 heteroatoms. The lowest BCUT2D eigenvalue weighted by Crippen LogP contribution is -2.33. The fourth-order valence-corrected chi connectivity index (χ4v) is 1.34. The fourth-order valence-electron chi connectivity index (χ4n) is 1.34. The fraction of sp³-hybridized carbons (Fsp3) is 0.500. The molecular formula is C14H22N2O2. The van der Waals surface area contributed by atoms with Gasteiger partial charge in [-0.05, 0) is 29.5 Å². The van der Waals surface area contributed by atoms with E-state index in [1.807, 2.05) is 0 Å². The Bertz CT molecular complexity index is 436. The quantitative estimate of drug-likeness (QED) is 0.569. The molecule has 4 nitrogen and oxygen atoms in total. The normalized spacial score (nSPS) is 13.1. The van der Waals surface area contributed by atoms with Gasteiger partial charge >= 0.3 is 0 Å². The van der Waals surface area contributed by atoms with Gasteiger partial charge in [0.05, 0.1) is 5.69 Å². The van der Waals surface area contributed by atoms with E-state index in [2.05, 4.69) is 33.0 Å². The van der Waals surface area contributed by atoms with E-state index in [1.165, 1.54) is 12.1 Å². The van der Waals surface area contributed by atoms with Crippen LogP contribution in [0.5, 0.6) is 5.75 Å². The summed E-state index contributed by atoms with van der Waals surface area (Å²) in [5.41, 5.74) is 6.33. The third-order valence-electron chi connectivity index (χ3n) is 3.34. The number of anilines is 1. The Labute approximate surface area is 108 Å². The summed E-state index contributed by atoms with van der Waals surface area (Å²) in [6.07, 6.45) is 0. The van der Waals surface area contributed by atoms with Crippen LogP contribution in [-0.4, -0.2) is 17.6 Å². The second-order valence-electron chi connectivity index (χ2n) is 5.75. The number of rotatable bonds is 3. The van der Waals surface area contributed by atoms with Crippen molar-refractivity contribution in [2.75, 3.05) is 12.3 Å². The first-order chi connectivity index (χ1) is 8.21. The first kappa shape index (κ1) is 14.4. The van der Waals surface area contributed by atoms with Crippen LogP contribution in [0.1, 0.15) is 38.1 Å². The molecule has 0 aromatic heterocycles. The Kier molecular flexibility index (Phi) is 4.22. The number of hydrogen-bond donors (Lipinski definition) is 3. The average molecular weight is 250 g/mol. The molecule has 0 spiro atoms. The number of carbonyl (C=O) groups is 1. The van der Waals surface area contributed by atoms with Crippen LogP contribution in [0.2, 0.25) is 0 Å². The highest BCUT2D eigenvalue weighted by atomic mass is 16.3. The lowest BCUT2D eigenvalue weighted by molar-refractivity contribution is 0.0936. The van der Waals surface area contributed by atoms with Gasteiger partial charge < -0.3 is 16.2 Å². The molecule has 0 bridgehead atoms. The summed E-state index contributed by atoms with van der Waals surface area (Å²) in [6, 6.07) is 4.51. The molecule has 1 amide bonds. The van der Waals surface area contributed by atoms with Crippen molar-refractivity contribution in [3.05, 3.63) is 23.8 Å². The summed E-state index contributed by atoms with van der Waals surface area (Å²) in [4.78, 5) is 11.9. The van der Waals surface area contributed by atoms with Gasteiger partial charge in [0.2, 0.25) is 0 Å². The zero-order valence-corrected chi connectivity index (χ0v) is 11.4. The molecule has 0 aliphatic carbocycles. The highest BCUT2D eigenvalue weighted by molar-refractivity contribution is 5.95. The predicted molar refractivity (Wildman–Crippen MR) is 73.5 cm³/mol. The maximum Gasteiger partial charge on any atom is 0.251 e. The van der Waals surface area contributed by atoms with Crippen LogP contribution in [-0.2, 0) is 0 Å². The lowest BCUT2D eigenvalue weighted by atomic mass is 9.82. The van der Waals surface area contributed by atoms with E-state index in [9.17, 15) is 9.90 Å². The summed E-state index contributed by atoms with van der Waals surface area (Å²) >= 11 is 0. The van der Waals surface area contributed by atoms with E-state index in [-0.39, 0.29) is 22.8 Å². The van der Waals surface area contributed by atoms with Crippen molar-refractivity contribution >= 4 is 11.6 Å². The molecule has 1 rings (SSSR count). The summed E-state index contributed by atoms with van der Waals surface area (Å²) in [5.74, 6) is 0.108. The molecule has 1 aromatic rings. The van der Waals surface area contributed by atoms with E-state index in [4.69, 9.17) is 5.73 Å². The van der Waals surface area contributed by atoms with E-state index >= 15 is 0 Å². The maximum atomic E-state index is 11.9. The number of phenols is 1. The summed E-state index contributed by atoms with van der Waals surface area (Å²) in [6.45, 7) is 9.12. The second-order valence-corrected chi connectivity index (χ2v) is 5.75. The summed E-state index contributed by atoms with van der Waals surface area (Å²) in [5, 5.41) is 12.3. The van der Waals surface area contributed by atoms with E-state index in [1.54, 1.807) is 6.07 Å². The number of nitrogens with two attached hydrogens (primary N) is 1. The Hall–Kier alpha value is -1.71. The number of aromatic hydroxyl groups is 1.